The van der Waals surface area contributed by atoms with E-state index in [1.54, 1.807) is 20.3 Å². The largest absolute Gasteiger partial charge is 0.493 e. The number of halogens is 1. The minimum absolute atomic E-state index is 0.638. The summed E-state index contributed by atoms with van der Waals surface area (Å²) in [7, 11) is 3.24. The molecule has 0 aliphatic rings. The number of nitrogens with one attached hydrogen (secondary N) is 1. The van der Waals surface area contributed by atoms with Crippen molar-refractivity contribution in [3.63, 3.8) is 0 Å². The molecule has 1 aromatic heterocycles. The Morgan fingerprint density at radius 3 is 2.34 bits per heavy atom. The third-order valence-corrected chi connectivity index (χ3v) is 5.70. The lowest BCUT2D eigenvalue weighted by Gasteiger charge is -2.12. The number of aryl methyl sites for hydroxylation is 1. The van der Waals surface area contributed by atoms with Gasteiger partial charge in [-0.05, 0) is 42.3 Å². The number of nitrogens with zero attached hydrogens (tertiary/aromatic N) is 1. The molecule has 0 saturated heterocycles. The van der Waals surface area contributed by atoms with E-state index in [0.29, 0.717) is 23.1 Å². The van der Waals surface area contributed by atoms with Gasteiger partial charge in [0.2, 0.25) is 0 Å². The molecule has 3 aromatic carbocycles. The van der Waals surface area contributed by atoms with Crippen LogP contribution in [0.15, 0.2) is 54.6 Å². The van der Waals surface area contributed by atoms with E-state index in [2.05, 4.69) is 59.3 Å². The van der Waals surface area contributed by atoms with Crippen molar-refractivity contribution in [1.29, 1.82) is 0 Å². The van der Waals surface area contributed by atoms with E-state index in [1.165, 1.54) is 27.4 Å². The summed E-state index contributed by atoms with van der Waals surface area (Å²) in [5, 5.41) is 6.75. The van der Waals surface area contributed by atoms with Crippen LogP contribution in [0, 0.1) is 0 Å². The van der Waals surface area contributed by atoms with Gasteiger partial charge in [0.25, 0.3) is 0 Å². The third-order valence-electron chi connectivity index (χ3n) is 5.35. The van der Waals surface area contributed by atoms with Crippen molar-refractivity contribution in [2.45, 2.75) is 26.6 Å². The standard InChI is InChI=1S/C24H25ClN2O2/c1-4-27-21-8-6-5-7-18(21)19-11-16(9-10-22(19)27)14-26-15-17-12-23(28-2)24(29-3)13-20(17)25/h5-13,26H,4,14-15H2,1-3H3. The van der Waals surface area contributed by atoms with Gasteiger partial charge in [0, 0.05) is 52.5 Å². The zero-order valence-corrected chi connectivity index (χ0v) is 17.7. The molecule has 0 aliphatic heterocycles. The normalized spacial score (nSPS) is 11.3. The molecule has 0 unspecified atom stereocenters. The van der Waals surface area contributed by atoms with Gasteiger partial charge in [0.1, 0.15) is 0 Å². The van der Waals surface area contributed by atoms with E-state index in [-0.39, 0.29) is 0 Å². The maximum absolute atomic E-state index is 6.40. The monoisotopic (exact) mass is 408 g/mol. The Balaban J connectivity index is 1.56. The number of ether oxygens (including phenoxy) is 2. The second-order valence-corrected chi connectivity index (χ2v) is 7.42. The summed E-state index contributed by atoms with van der Waals surface area (Å²) in [4.78, 5) is 0. The predicted octanol–water partition coefficient (Wildman–Crippen LogP) is 5.77. The van der Waals surface area contributed by atoms with E-state index in [0.717, 1.165) is 18.7 Å². The first-order chi connectivity index (χ1) is 14.2. The predicted molar refractivity (Wildman–Crippen MR) is 120 cm³/mol. The van der Waals surface area contributed by atoms with Gasteiger partial charge in [-0.3, -0.25) is 0 Å². The quantitative estimate of drug-likeness (QED) is 0.421. The lowest BCUT2D eigenvalue weighted by atomic mass is 10.1. The molecule has 0 bridgehead atoms. The van der Waals surface area contributed by atoms with Crippen LogP contribution in [0.3, 0.4) is 0 Å². The molecule has 0 aliphatic carbocycles. The summed E-state index contributed by atoms with van der Waals surface area (Å²) in [5.41, 5.74) is 4.79. The van der Waals surface area contributed by atoms with Crippen LogP contribution in [0.2, 0.25) is 5.02 Å². The molecular weight excluding hydrogens is 384 g/mol. The molecule has 29 heavy (non-hydrogen) atoms. The zero-order chi connectivity index (χ0) is 20.4. The fourth-order valence-electron chi connectivity index (χ4n) is 3.92. The lowest BCUT2D eigenvalue weighted by Crippen LogP contribution is -2.13. The van der Waals surface area contributed by atoms with Crippen LogP contribution < -0.4 is 14.8 Å². The second-order valence-electron chi connectivity index (χ2n) is 7.02. The molecule has 0 spiro atoms. The van der Waals surface area contributed by atoms with Gasteiger partial charge in [-0.2, -0.15) is 0 Å². The highest BCUT2D eigenvalue weighted by molar-refractivity contribution is 6.31. The maximum Gasteiger partial charge on any atom is 0.162 e. The van der Waals surface area contributed by atoms with Crippen molar-refractivity contribution in [1.82, 2.24) is 9.88 Å². The van der Waals surface area contributed by atoms with E-state index < -0.39 is 0 Å². The van der Waals surface area contributed by atoms with Gasteiger partial charge in [-0.1, -0.05) is 35.9 Å². The van der Waals surface area contributed by atoms with Crippen molar-refractivity contribution < 1.29 is 9.47 Å². The minimum atomic E-state index is 0.638. The van der Waals surface area contributed by atoms with Crippen molar-refractivity contribution in [2.75, 3.05) is 14.2 Å². The Morgan fingerprint density at radius 1 is 0.862 bits per heavy atom. The van der Waals surface area contributed by atoms with Crippen LogP contribution in [-0.4, -0.2) is 18.8 Å². The van der Waals surface area contributed by atoms with Gasteiger partial charge < -0.3 is 19.4 Å². The maximum atomic E-state index is 6.40. The van der Waals surface area contributed by atoms with Crippen molar-refractivity contribution in [2.24, 2.45) is 0 Å². The van der Waals surface area contributed by atoms with Crippen LogP contribution in [0.5, 0.6) is 11.5 Å². The van der Waals surface area contributed by atoms with Gasteiger partial charge in [0.05, 0.1) is 14.2 Å². The first-order valence-electron chi connectivity index (χ1n) is 9.77. The van der Waals surface area contributed by atoms with Gasteiger partial charge in [-0.25, -0.2) is 0 Å². The third kappa shape index (κ3) is 3.66. The van der Waals surface area contributed by atoms with Crippen LogP contribution in [0.25, 0.3) is 21.8 Å². The number of para-hydroxylation sites is 1. The first kappa shape index (κ1) is 19.6. The molecule has 150 valence electrons. The Bertz CT molecular complexity index is 1170. The Kier molecular flexibility index (Phi) is 5.65. The minimum Gasteiger partial charge on any atom is -0.493 e. The smallest absolute Gasteiger partial charge is 0.162 e. The molecule has 0 amide bonds. The van der Waals surface area contributed by atoms with Gasteiger partial charge in [-0.15, -0.1) is 0 Å². The summed E-state index contributed by atoms with van der Waals surface area (Å²) < 4.78 is 13.1. The molecular formula is C24H25ClN2O2. The van der Waals surface area contributed by atoms with E-state index in [4.69, 9.17) is 21.1 Å². The van der Waals surface area contributed by atoms with Crippen LogP contribution in [0.4, 0.5) is 0 Å². The zero-order valence-electron chi connectivity index (χ0n) is 17.0. The van der Waals surface area contributed by atoms with Crippen LogP contribution in [-0.2, 0) is 19.6 Å². The highest BCUT2D eigenvalue weighted by atomic mass is 35.5. The molecule has 0 saturated carbocycles. The van der Waals surface area contributed by atoms with E-state index in [1.807, 2.05) is 6.07 Å². The van der Waals surface area contributed by atoms with Gasteiger partial charge >= 0.3 is 0 Å². The Morgan fingerprint density at radius 2 is 1.59 bits per heavy atom. The molecule has 0 radical (unpaired) electrons. The Hall–Kier alpha value is -2.69. The summed E-state index contributed by atoms with van der Waals surface area (Å²) in [5.74, 6) is 1.32. The lowest BCUT2D eigenvalue weighted by molar-refractivity contribution is 0.354. The van der Waals surface area contributed by atoms with E-state index in [9.17, 15) is 0 Å². The van der Waals surface area contributed by atoms with Crippen molar-refractivity contribution in [3.8, 4) is 11.5 Å². The molecule has 4 aromatic rings. The number of rotatable bonds is 7. The SMILES string of the molecule is CCn1c2ccccc2c2cc(CNCc3cc(OC)c(OC)cc3Cl)ccc21. The molecule has 1 heterocycles. The summed E-state index contributed by atoms with van der Waals surface area (Å²) in [6.45, 7) is 4.55. The second kappa shape index (κ2) is 8.36. The average molecular weight is 409 g/mol. The molecule has 0 atom stereocenters. The van der Waals surface area contributed by atoms with Crippen LogP contribution in [0.1, 0.15) is 18.1 Å². The first-order valence-corrected chi connectivity index (χ1v) is 10.1. The number of benzene rings is 3. The van der Waals surface area contributed by atoms with Gasteiger partial charge in [0.15, 0.2) is 11.5 Å². The Labute approximate surface area is 176 Å². The molecule has 4 rings (SSSR count). The fourth-order valence-corrected chi connectivity index (χ4v) is 4.15. The molecule has 5 heteroatoms. The number of hydrogen-bond acceptors (Lipinski definition) is 3. The summed E-state index contributed by atoms with van der Waals surface area (Å²) >= 11 is 6.40. The molecule has 4 nitrogen and oxygen atoms in total. The molecule has 1 N–H and O–H groups in total. The topological polar surface area (TPSA) is 35.4 Å². The summed E-state index contributed by atoms with van der Waals surface area (Å²) in [6.07, 6.45) is 0. The summed E-state index contributed by atoms with van der Waals surface area (Å²) in [6, 6.07) is 19.0. The highest BCUT2D eigenvalue weighted by Gasteiger charge is 2.11. The number of methoxy groups -OCH3 is 2. The van der Waals surface area contributed by atoms with E-state index >= 15 is 0 Å². The number of aromatic nitrogens is 1. The van der Waals surface area contributed by atoms with Crippen molar-refractivity contribution in [3.05, 3.63) is 70.7 Å². The highest BCUT2D eigenvalue weighted by Crippen LogP contribution is 2.33. The number of fused-ring (bicyclic) bond motifs is 3. The van der Waals surface area contributed by atoms with Crippen LogP contribution >= 0.6 is 11.6 Å². The number of hydrogen-bond donors (Lipinski definition) is 1. The fraction of sp³-hybridized carbons (Fsp3) is 0.250. The average Bonchev–Trinajstić information content (AvgIpc) is 3.07. The van der Waals surface area contributed by atoms with Crippen molar-refractivity contribution >= 4 is 33.4 Å². The molecule has 0 fully saturated rings.